The molecule has 7 aromatic carbocycles. The number of rotatable bonds is 16. The minimum Gasteiger partial charge on any atom is -0.493 e. The van der Waals surface area contributed by atoms with Crippen molar-refractivity contribution in [3.05, 3.63) is 226 Å². The van der Waals surface area contributed by atoms with Crippen LogP contribution in [0.15, 0.2) is 188 Å². The van der Waals surface area contributed by atoms with Crippen LogP contribution in [0.3, 0.4) is 0 Å². The maximum atomic E-state index is 9.15. The number of nitrogens with zero attached hydrogens (tertiary/aromatic N) is 13. The summed E-state index contributed by atoms with van der Waals surface area (Å²) < 4.78 is 40.6. The van der Waals surface area contributed by atoms with Gasteiger partial charge < -0.3 is 39.9 Å². The minimum atomic E-state index is 0.313. The number of aromatic nitrogens is 10. The first-order valence-corrected chi connectivity index (χ1v) is 31.6. The van der Waals surface area contributed by atoms with E-state index in [-0.39, 0.29) is 0 Å². The number of nitriles is 3. The number of methoxy groups -OCH3 is 3. The molecule has 0 bridgehead atoms. The molecule has 21 nitrogen and oxygen atoms in total. The lowest BCUT2D eigenvalue weighted by atomic mass is 10.0. The van der Waals surface area contributed by atoms with E-state index in [1.807, 2.05) is 164 Å². The van der Waals surface area contributed by atoms with Crippen LogP contribution in [0.5, 0.6) is 34.5 Å². The second kappa shape index (κ2) is 27.9. The molecule has 15 aromatic rings. The van der Waals surface area contributed by atoms with Gasteiger partial charge in [-0.2, -0.15) is 31.1 Å². The fraction of sp³-hybridized carbons (Fsp3) is 0.132. The Bertz CT molecular complexity index is 5620. The summed E-state index contributed by atoms with van der Waals surface area (Å²) in [6, 6.07) is 56.0. The summed E-state index contributed by atoms with van der Waals surface area (Å²) in [4.78, 5) is 19.0. The van der Waals surface area contributed by atoms with E-state index in [4.69, 9.17) is 71.0 Å². The molecule has 8 heterocycles. The number of fused-ring (bicyclic) bond motifs is 9. The van der Waals surface area contributed by atoms with Gasteiger partial charge in [0.2, 0.25) is 0 Å². The van der Waals surface area contributed by atoms with Crippen molar-refractivity contribution in [2.75, 3.05) is 27.1 Å². The largest absolute Gasteiger partial charge is 0.493 e. The number of benzene rings is 7. The Labute approximate surface area is 566 Å². The molecule has 0 aliphatic carbocycles. The summed E-state index contributed by atoms with van der Waals surface area (Å²) in [7, 11) is 10.5. The van der Waals surface area contributed by atoms with Crippen molar-refractivity contribution in [1.29, 1.82) is 15.8 Å². The highest BCUT2D eigenvalue weighted by Gasteiger charge is 2.22. The Balaban J connectivity index is 0.000000132. The molecule has 0 spiro atoms. The van der Waals surface area contributed by atoms with Crippen LogP contribution in [0.1, 0.15) is 38.3 Å². The van der Waals surface area contributed by atoms with Gasteiger partial charge >= 0.3 is 0 Å². The van der Waals surface area contributed by atoms with Gasteiger partial charge in [-0.05, 0) is 94.9 Å². The van der Waals surface area contributed by atoms with Gasteiger partial charge in [-0.1, -0.05) is 66.7 Å². The van der Waals surface area contributed by atoms with Gasteiger partial charge in [-0.3, -0.25) is 29.0 Å². The number of ether oxygens (including phenoxy) is 6. The van der Waals surface area contributed by atoms with E-state index in [0.717, 1.165) is 121 Å². The number of aryl methyl sites for hydroxylation is 3. The molecule has 0 saturated heterocycles. The lowest BCUT2D eigenvalue weighted by molar-refractivity contribution is 0.285. The summed E-state index contributed by atoms with van der Waals surface area (Å²) in [5.41, 5.74) is 26.7. The number of nitrogens with two attached hydrogens (primary N) is 2. The molecule has 98 heavy (non-hydrogen) atoms. The molecule has 15 rings (SSSR count). The van der Waals surface area contributed by atoms with E-state index in [2.05, 4.69) is 38.1 Å². The monoisotopic (exact) mass is 1310 g/mol. The Hall–Kier alpha value is -12.9. The molecular weight excluding hydrogens is 1250 g/mol. The zero-order valence-electron chi connectivity index (χ0n) is 54.1. The van der Waals surface area contributed by atoms with Gasteiger partial charge in [0, 0.05) is 106 Å². The quantitative estimate of drug-likeness (QED) is 0.0909. The van der Waals surface area contributed by atoms with Crippen molar-refractivity contribution >= 4 is 82.6 Å². The predicted molar refractivity (Wildman–Crippen MR) is 378 cm³/mol. The number of thiophene rings is 1. The number of nitrogen functional groups attached to an aromatic ring is 1. The van der Waals surface area contributed by atoms with Gasteiger partial charge in [-0.25, -0.2) is 4.98 Å². The molecule has 0 aliphatic heterocycles. The molecule has 4 N–H and O–H groups in total. The smallest absolute Gasteiger partial charge is 0.162 e. The molecule has 0 amide bonds. The van der Waals surface area contributed by atoms with E-state index in [0.29, 0.717) is 83.4 Å². The maximum absolute atomic E-state index is 9.15. The summed E-state index contributed by atoms with van der Waals surface area (Å²) in [5, 5.41) is 49.3. The zero-order valence-corrected chi connectivity index (χ0v) is 54.9. The van der Waals surface area contributed by atoms with Crippen molar-refractivity contribution in [3.8, 4) is 86.5 Å². The van der Waals surface area contributed by atoms with Crippen LogP contribution in [-0.2, 0) is 47.5 Å². The molecule has 0 saturated carbocycles. The first-order valence-electron chi connectivity index (χ1n) is 30.8. The fourth-order valence-electron chi connectivity index (χ4n) is 11.6. The summed E-state index contributed by atoms with van der Waals surface area (Å²) in [6.45, 7) is 1.65. The average molecular weight is 1310 g/mol. The van der Waals surface area contributed by atoms with Crippen LogP contribution in [0.2, 0.25) is 0 Å². The Morgan fingerprint density at radius 3 is 1.17 bits per heavy atom. The molecule has 0 fully saturated rings. The van der Waals surface area contributed by atoms with Crippen LogP contribution in [0.25, 0.3) is 99.2 Å². The van der Waals surface area contributed by atoms with E-state index in [1.165, 1.54) is 0 Å². The Kier molecular flexibility index (Phi) is 18.2. The highest BCUT2D eigenvalue weighted by Crippen LogP contribution is 2.43. The highest BCUT2D eigenvalue weighted by atomic mass is 32.1. The maximum Gasteiger partial charge on any atom is 0.162 e. The van der Waals surface area contributed by atoms with E-state index in [9.17, 15) is 0 Å². The Morgan fingerprint density at radius 1 is 0.429 bits per heavy atom. The number of hydrogen-bond donors (Lipinski definition) is 2. The minimum absolute atomic E-state index is 0.313. The van der Waals surface area contributed by atoms with E-state index < -0.39 is 0 Å². The normalized spacial score (nSPS) is 11.0. The standard InChI is InChI=1S/C27H23N5O2.C25H20N6O2.C24H18N4O2S/c1-32-23-15-30-22-12-24(33-2)25(34-16-19-5-3-4-18(10-19)14-29)11-21(22)26(23)27(31-32)20-8-6-17(13-28)7-9-20;1-31-20-13-29-19-11-21(32-2)22(33-14-16-7-8-28-23(27)9-16)10-18(19)24(20)25(30-31)17-5-3-15(12-26)4-6-17;1-28-20-13-26-19-11-21(29-2)22(30-14-17-4-3-9-31-17)10-18(19)23(20)24(27-28)16-7-5-15(12-25)6-8-16/h3-12,15H,14,16,29H2,1-2H3;3-11,13H,14H2,1-2H3,(H2,27,28);3-11,13H,14H2,1-2H3. The summed E-state index contributed by atoms with van der Waals surface area (Å²) >= 11 is 1.65. The first kappa shape index (κ1) is 63.8. The van der Waals surface area contributed by atoms with E-state index >= 15 is 0 Å². The van der Waals surface area contributed by atoms with Crippen molar-refractivity contribution < 1.29 is 28.4 Å². The lowest BCUT2D eigenvalue weighted by Gasteiger charge is -2.13. The molecule has 8 aromatic heterocycles. The predicted octanol–water partition coefficient (Wildman–Crippen LogP) is 14.2. The topological polar surface area (TPSA) is 284 Å². The van der Waals surface area contributed by atoms with Crippen molar-refractivity contribution in [2.45, 2.75) is 26.4 Å². The second-order valence-corrected chi connectivity index (χ2v) is 23.7. The van der Waals surface area contributed by atoms with Gasteiger partial charge in [-0.15, -0.1) is 11.3 Å². The molecule has 482 valence electrons. The van der Waals surface area contributed by atoms with Crippen LogP contribution in [-0.4, -0.2) is 70.6 Å². The third kappa shape index (κ3) is 12.9. The Morgan fingerprint density at radius 2 is 0.816 bits per heavy atom. The van der Waals surface area contributed by atoms with Gasteiger partial charge in [0.1, 0.15) is 42.7 Å². The summed E-state index contributed by atoms with van der Waals surface area (Å²) in [6.07, 6.45) is 7.09. The second-order valence-electron chi connectivity index (χ2n) is 22.7. The van der Waals surface area contributed by atoms with Crippen LogP contribution in [0, 0.1) is 34.0 Å². The molecule has 0 unspecified atom stereocenters. The van der Waals surface area contributed by atoms with Gasteiger partial charge in [0.05, 0.1) is 108 Å². The third-order valence-electron chi connectivity index (χ3n) is 16.6. The number of anilines is 1. The SMILES string of the molecule is COc1cc2ncc3c(c(-c4ccc(C#N)cc4)nn3C)c2cc1OCc1cccc(CN)c1.COc1cc2ncc3c(c(-c4ccc(C#N)cc4)nn3C)c2cc1OCc1cccs1.COc1cc2ncc3c(c(-c4ccc(C#N)cc4)nn3C)c2cc1OCc1ccnc(N)c1. The van der Waals surface area contributed by atoms with Gasteiger partial charge in [0.15, 0.2) is 34.5 Å². The number of pyridine rings is 4. The summed E-state index contributed by atoms with van der Waals surface area (Å²) in [5.74, 6) is 4.14. The molecule has 0 aliphatic rings. The highest BCUT2D eigenvalue weighted by molar-refractivity contribution is 7.09. The van der Waals surface area contributed by atoms with Crippen molar-refractivity contribution in [3.63, 3.8) is 0 Å². The molecule has 22 heteroatoms. The molecule has 0 radical (unpaired) electrons. The lowest BCUT2D eigenvalue weighted by Crippen LogP contribution is -2.01. The fourth-order valence-corrected chi connectivity index (χ4v) is 12.3. The van der Waals surface area contributed by atoms with Crippen LogP contribution < -0.4 is 39.9 Å². The zero-order chi connectivity index (χ0) is 68.0. The van der Waals surface area contributed by atoms with Crippen LogP contribution in [0.4, 0.5) is 5.82 Å². The van der Waals surface area contributed by atoms with Crippen molar-refractivity contribution in [2.24, 2.45) is 26.9 Å². The molecule has 0 atom stereocenters. The average Bonchev–Trinajstić information content (AvgIpc) is 1.56. The third-order valence-corrected chi connectivity index (χ3v) is 17.4. The van der Waals surface area contributed by atoms with E-state index in [1.54, 1.807) is 92.2 Å². The first-order chi connectivity index (χ1) is 47.8. The van der Waals surface area contributed by atoms with Gasteiger partial charge in [0.25, 0.3) is 0 Å². The van der Waals surface area contributed by atoms with Crippen molar-refractivity contribution in [1.82, 2.24) is 49.3 Å². The van der Waals surface area contributed by atoms with Crippen LogP contribution >= 0.6 is 11.3 Å². The number of hydrogen-bond acceptors (Lipinski definition) is 19. The molecular formula is C76H61N15O6S.